The van der Waals surface area contributed by atoms with E-state index in [4.69, 9.17) is 0 Å². The Kier molecular flexibility index (Phi) is 5.27. The van der Waals surface area contributed by atoms with Crippen molar-refractivity contribution < 1.29 is 4.79 Å². The van der Waals surface area contributed by atoms with Gasteiger partial charge in [-0.15, -0.1) is 0 Å². The number of ketones is 1. The maximum atomic E-state index is 10.8. The molecule has 0 N–H and O–H groups in total. The molecule has 0 heterocycles. The molecule has 0 saturated carbocycles. The van der Waals surface area contributed by atoms with E-state index < -0.39 is 0 Å². The van der Waals surface area contributed by atoms with Crippen molar-refractivity contribution in [3.05, 3.63) is 6.92 Å². The minimum atomic E-state index is 0.107. The predicted molar refractivity (Wildman–Crippen MR) is 43.7 cm³/mol. The van der Waals surface area contributed by atoms with Crippen molar-refractivity contribution >= 4 is 5.78 Å². The summed E-state index contributed by atoms with van der Waals surface area (Å²) in [5.74, 6) is 0.330. The molecule has 0 rings (SSSR count). The highest BCUT2D eigenvalue weighted by Gasteiger charge is 2.09. The topological polar surface area (TPSA) is 17.1 Å². The van der Waals surface area contributed by atoms with Crippen LogP contribution in [-0.4, -0.2) is 5.78 Å². The second-order valence-corrected chi connectivity index (χ2v) is 2.71. The van der Waals surface area contributed by atoms with Gasteiger partial charge in [0.25, 0.3) is 0 Å². The van der Waals surface area contributed by atoms with Gasteiger partial charge in [-0.1, -0.05) is 26.7 Å². The van der Waals surface area contributed by atoms with E-state index in [0.717, 1.165) is 19.3 Å². The molecule has 1 heteroatoms. The van der Waals surface area contributed by atoms with Gasteiger partial charge >= 0.3 is 0 Å². The molecular weight excluding hydrogens is 124 g/mol. The lowest BCUT2D eigenvalue weighted by Gasteiger charge is -2.08. The number of rotatable bonds is 5. The number of carbonyl (C=O) groups is 1. The van der Waals surface area contributed by atoms with Gasteiger partial charge in [-0.05, 0) is 12.8 Å². The lowest BCUT2D eigenvalue weighted by atomic mass is 9.96. The van der Waals surface area contributed by atoms with Crippen molar-refractivity contribution in [1.29, 1.82) is 0 Å². The van der Waals surface area contributed by atoms with E-state index in [9.17, 15) is 4.79 Å². The molecule has 10 heavy (non-hydrogen) atoms. The lowest BCUT2D eigenvalue weighted by molar-refractivity contribution is -0.118. The summed E-state index contributed by atoms with van der Waals surface area (Å²) in [6.07, 6.45) is 4.29. The van der Waals surface area contributed by atoms with Gasteiger partial charge in [-0.2, -0.15) is 0 Å². The Morgan fingerprint density at radius 1 is 1.50 bits per heavy atom. The molecule has 1 nitrogen and oxygen atoms in total. The van der Waals surface area contributed by atoms with Crippen molar-refractivity contribution in [2.75, 3.05) is 0 Å². The first-order valence-corrected chi connectivity index (χ1v) is 4.08. The normalized spacial score (nSPS) is 13.1. The van der Waals surface area contributed by atoms with Crippen LogP contribution in [0.1, 0.15) is 39.5 Å². The minimum Gasteiger partial charge on any atom is -0.299 e. The summed E-state index contributed by atoms with van der Waals surface area (Å²) in [6, 6.07) is 0. The van der Waals surface area contributed by atoms with Gasteiger partial charge in [0.1, 0.15) is 5.78 Å². The predicted octanol–water partition coefficient (Wildman–Crippen LogP) is 2.61. The van der Waals surface area contributed by atoms with E-state index >= 15 is 0 Å². The van der Waals surface area contributed by atoms with Gasteiger partial charge in [-0.25, -0.2) is 0 Å². The van der Waals surface area contributed by atoms with Crippen LogP contribution in [0.4, 0.5) is 0 Å². The van der Waals surface area contributed by atoms with E-state index in [1.807, 2.05) is 6.92 Å². The van der Waals surface area contributed by atoms with Crippen LogP contribution in [0.5, 0.6) is 0 Å². The first-order valence-electron chi connectivity index (χ1n) is 4.08. The summed E-state index contributed by atoms with van der Waals surface area (Å²) >= 11 is 0. The fraction of sp³-hybridized carbons (Fsp3) is 0.778. The van der Waals surface area contributed by atoms with Crippen LogP contribution < -0.4 is 0 Å². The molecule has 0 amide bonds. The van der Waals surface area contributed by atoms with Crippen molar-refractivity contribution in [3.8, 4) is 0 Å². The maximum absolute atomic E-state index is 10.8. The SMILES string of the molecule is [CH2]C(=O)C(CC)CCCC. The summed E-state index contributed by atoms with van der Waals surface area (Å²) in [5, 5.41) is 0. The molecule has 0 aromatic carbocycles. The average molecular weight is 141 g/mol. The lowest BCUT2D eigenvalue weighted by Crippen LogP contribution is -2.09. The van der Waals surface area contributed by atoms with Gasteiger partial charge in [0.2, 0.25) is 0 Å². The minimum absolute atomic E-state index is 0.107. The molecule has 0 fully saturated rings. The van der Waals surface area contributed by atoms with E-state index in [1.54, 1.807) is 0 Å². The van der Waals surface area contributed by atoms with E-state index in [2.05, 4.69) is 13.8 Å². The molecule has 0 spiro atoms. The quantitative estimate of drug-likeness (QED) is 0.575. The first kappa shape index (κ1) is 9.67. The standard InChI is InChI=1S/C9H17O/c1-4-6-7-9(5-2)8(3)10/h9H,3-7H2,1-2H3. The number of carbonyl (C=O) groups excluding carboxylic acids is 1. The number of unbranched alkanes of at least 4 members (excludes halogenated alkanes) is 1. The van der Waals surface area contributed by atoms with Gasteiger partial charge in [0.15, 0.2) is 0 Å². The summed E-state index contributed by atoms with van der Waals surface area (Å²) in [7, 11) is 0. The largest absolute Gasteiger partial charge is 0.299 e. The fourth-order valence-corrected chi connectivity index (χ4v) is 1.04. The molecule has 0 saturated heterocycles. The average Bonchev–Trinajstić information content (AvgIpc) is 1.89. The molecule has 1 radical (unpaired) electrons. The molecule has 0 aliphatic rings. The van der Waals surface area contributed by atoms with Gasteiger partial charge in [0.05, 0.1) is 0 Å². The van der Waals surface area contributed by atoms with Crippen LogP contribution in [0.15, 0.2) is 0 Å². The monoisotopic (exact) mass is 141 g/mol. The Morgan fingerprint density at radius 3 is 2.40 bits per heavy atom. The highest BCUT2D eigenvalue weighted by molar-refractivity contribution is 5.84. The van der Waals surface area contributed by atoms with Gasteiger partial charge < -0.3 is 0 Å². The Labute approximate surface area is 63.8 Å². The summed E-state index contributed by atoms with van der Waals surface area (Å²) < 4.78 is 0. The van der Waals surface area contributed by atoms with Crippen molar-refractivity contribution in [1.82, 2.24) is 0 Å². The Bertz CT molecular complexity index is 96.9. The van der Waals surface area contributed by atoms with Crippen LogP contribution in [0.3, 0.4) is 0 Å². The number of hydrogen-bond acceptors (Lipinski definition) is 1. The molecule has 0 aromatic heterocycles. The van der Waals surface area contributed by atoms with E-state index in [-0.39, 0.29) is 11.7 Å². The number of hydrogen-bond donors (Lipinski definition) is 0. The van der Waals surface area contributed by atoms with Crippen molar-refractivity contribution in [3.63, 3.8) is 0 Å². The Balaban J connectivity index is 3.50. The summed E-state index contributed by atoms with van der Waals surface area (Å²) in [5.41, 5.74) is 0. The van der Waals surface area contributed by atoms with Crippen LogP contribution in [-0.2, 0) is 4.79 Å². The van der Waals surface area contributed by atoms with Crippen LogP contribution >= 0.6 is 0 Å². The highest BCUT2D eigenvalue weighted by Crippen LogP contribution is 2.12. The molecule has 1 atom stereocenters. The molecule has 0 aliphatic heterocycles. The molecule has 0 aromatic rings. The van der Waals surface area contributed by atoms with Crippen molar-refractivity contribution in [2.45, 2.75) is 39.5 Å². The zero-order valence-electron chi connectivity index (χ0n) is 7.02. The van der Waals surface area contributed by atoms with Crippen LogP contribution in [0.25, 0.3) is 0 Å². The molecule has 59 valence electrons. The second kappa shape index (κ2) is 5.45. The zero-order valence-corrected chi connectivity index (χ0v) is 7.02. The van der Waals surface area contributed by atoms with Crippen LogP contribution in [0, 0.1) is 12.8 Å². The molecular formula is C9H17O. The van der Waals surface area contributed by atoms with Gasteiger partial charge in [0, 0.05) is 12.8 Å². The van der Waals surface area contributed by atoms with E-state index in [1.165, 1.54) is 6.42 Å². The smallest absolute Gasteiger partial charge is 0.136 e. The summed E-state index contributed by atoms with van der Waals surface area (Å²) in [4.78, 5) is 10.8. The third-order valence-electron chi connectivity index (χ3n) is 1.85. The van der Waals surface area contributed by atoms with Gasteiger partial charge in [-0.3, -0.25) is 4.79 Å². The molecule has 0 aliphatic carbocycles. The third-order valence-corrected chi connectivity index (χ3v) is 1.85. The fourth-order valence-electron chi connectivity index (χ4n) is 1.04. The van der Waals surface area contributed by atoms with Crippen molar-refractivity contribution in [2.24, 2.45) is 5.92 Å². The first-order chi connectivity index (χ1) is 4.72. The highest BCUT2D eigenvalue weighted by atomic mass is 16.1. The third kappa shape index (κ3) is 3.65. The van der Waals surface area contributed by atoms with Crippen LogP contribution in [0.2, 0.25) is 0 Å². The molecule has 0 bridgehead atoms. The Hall–Kier alpha value is -0.330. The Morgan fingerprint density at radius 2 is 2.10 bits per heavy atom. The zero-order chi connectivity index (χ0) is 7.98. The van der Waals surface area contributed by atoms with E-state index in [0.29, 0.717) is 0 Å². The maximum Gasteiger partial charge on any atom is 0.136 e. The molecule has 1 unspecified atom stereocenters. The number of Topliss-reactive ketones (excluding diaryl/α,β-unsaturated/α-hetero) is 1. The second-order valence-electron chi connectivity index (χ2n) is 2.71. The summed E-state index contributed by atoms with van der Waals surface area (Å²) in [6.45, 7) is 7.61.